The van der Waals surface area contributed by atoms with Crippen molar-refractivity contribution >= 4 is 22.9 Å². The van der Waals surface area contributed by atoms with Gasteiger partial charge in [-0.1, -0.05) is 11.8 Å². The van der Waals surface area contributed by atoms with Crippen LogP contribution in [0, 0.1) is 10.1 Å². The Balaban J connectivity index is 2.13. The second-order valence-electron chi connectivity index (χ2n) is 2.64. The third kappa shape index (κ3) is 4.02. The number of amides is 2. The highest BCUT2D eigenvalue weighted by atomic mass is 32.2. The maximum absolute atomic E-state index is 11.3. The van der Waals surface area contributed by atoms with Gasteiger partial charge in [-0.3, -0.25) is 9.59 Å². The summed E-state index contributed by atoms with van der Waals surface area (Å²) in [5, 5.41) is 13.4. The summed E-state index contributed by atoms with van der Waals surface area (Å²) in [5.41, 5.74) is 0. The molecule has 0 bridgehead atoms. The van der Waals surface area contributed by atoms with E-state index in [0.717, 1.165) is 11.8 Å². The van der Waals surface area contributed by atoms with E-state index >= 15 is 0 Å². The van der Waals surface area contributed by atoms with E-state index in [1.54, 1.807) is 0 Å². The summed E-state index contributed by atoms with van der Waals surface area (Å²) in [5.74, 6) is 0.0149. The maximum Gasteiger partial charge on any atom is 0.294 e. The maximum atomic E-state index is 11.3. The van der Waals surface area contributed by atoms with Gasteiger partial charge in [-0.25, -0.2) is 0 Å². The van der Waals surface area contributed by atoms with Crippen molar-refractivity contribution in [3.05, 3.63) is 10.1 Å². The fourth-order valence-corrected chi connectivity index (χ4v) is 1.72. The molecule has 0 aromatic carbocycles. The van der Waals surface area contributed by atoms with Crippen molar-refractivity contribution in [1.82, 2.24) is 10.6 Å². The normalized spacial score (nSPS) is 19.5. The van der Waals surface area contributed by atoms with E-state index in [4.69, 9.17) is 0 Å². The minimum absolute atomic E-state index is 0.0385. The van der Waals surface area contributed by atoms with Crippen LogP contribution in [0.25, 0.3) is 0 Å². The van der Waals surface area contributed by atoms with Gasteiger partial charge < -0.3 is 15.5 Å². The van der Waals surface area contributed by atoms with E-state index in [-0.39, 0.29) is 24.3 Å². The van der Waals surface area contributed by atoms with Crippen molar-refractivity contribution in [3.8, 4) is 0 Å². The lowest BCUT2D eigenvalue weighted by atomic mass is 10.3. The molecule has 84 valence electrons. The molecular formula is C6H9N3O5S. The van der Waals surface area contributed by atoms with Crippen LogP contribution in [0.15, 0.2) is 0 Å². The molecule has 1 atom stereocenters. The molecule has 2 amide bonds. The first-order chi connectivity index (χ1) is 7.09. The van der Waals surface area contributed by atoms with Crippen molar-refractivity contribution in [1.29, 1.82) is 0 Å². The van der Waals surface area contributed by atoms with Crippen LogP contribution < -0.4 is 10.6 Å². The minimum Gasteiger partial charge on any atom is -0.352 e. The second kappa shape index (κ2) is 5.39. The van der Waals surface area contributed by atoms with Gasteiger partial charge in [0.1, 0.15) is 12.6 Å². The Morgan fingerprint density at radius 3 is 3.07 bits per heavy atom. The first-order valence-corrected chi connectivity index (χ1v) is 5.06. The number of carbonyl (C=O) groups is 2. The van der Waals surface area contributed by atoms with E-state index in [1.165, 1.54) is 0 Å². The molecular weight excluding hydrogens is 226 g/mol. The molecule has 1 aliphatic rings. The van der Waals surface area contributed by atoms with Crippen LogP contribution in [0.4, 0.5) is 4.79 Å². The van der Waals surface area contributed by atoms with Crippen LogP contribution in [0.3, 0.4) is 0 Å². The van der Waals surface area contributed by atoms with Crippen LogP contribution in [-0.4, -0.2) is 41.2 Å². The van der Waals surface area contributed by atoms with Crippen LogP contribution in [-0.2, 0) is 9.63 Å². The van der Waals surface area contributed by atoms with E-state index < -0.39 is 11.1 Å². The highest BCUT2D eigenvalue weighted by Gasteiger charge is 2.27. The lowest BCUT2D eigenvalue weighted by Crippen LogP contribution is -2.43. The number of nitrogens with zero attached hydrogens (tertiary/aromatic N) is 1. The van der Waals surface area contributed by atoms with Crippen LogP contribution in [0.5, 0.6) is 0 Å². The number of rotatable bonds is 5. The smallest absolute Gasteiger partial charge is 0.294 e. The SMILES string of the molecule is O=C1N[C@@H](C(=O)NCCO[N+](=O)[O-])CS1. The Labute approximate surface area is 88.8 Å². The van der Waals surface area contributed by atoms with E-state index in [2.05, 4.69) is 15.5 Å². The average molecular weight is 235 g/mol. The predicted molar refractivity (Wildman–Crippen MR) is 50.7 cm³/mol. The molecule has 2 N–H and O–H groups in total. The number of thioether (sulfide) groups is 1. The summed E-state index contributed by atoms with van der Waals surface area (Å²) in [6.45, 7) is -0.163. The number of hydrogen-bond acceptors (Lipinski definition) is 6. The van der Waals surface area contributed by atoms with Gasteiger partial charge in [-0.2, -0.15) is 0 Å². The molecule has 8 nitrogen and oxygen atoms in total. The van der Waals surface area contributed by atoms with E-state index in [1.807, 2.05) is 0 Å². The molecule has 1 aliphatic heterocycles. The summed E-state index contributed by atoms with van der Waals surface area (Å²) in [6, 6.07) is -0.557. The summed E-state index contributed by atoms with van der Waals surface area (Å²) in [6.07, 6.45) is 0. The van der Waals surface area contributed by atoms with Crippen molar-refractivity contribution in [2.75, 3.05) is 18.9 Å². The van der Waals surface area contributed by atoms with Crippen LogP contribution >= 0.6 is 11.8 Å². The van der Waals surface area contributed by atoms with Gasteiger partial charge >= 0.3 is 0 Å². The highest BCUT2D eigenvalue weighted by Crippen LogP contribution is 2.12. The van der Waals surface area contributed by atoms with Crippen molar-refractivity contribution in [2.24, 2.45) is 0 Å². The van der Waals surface area contributed by atoms with Gasteiger partial charge in [-0.15, -0.1) is 10.1 Å². The van der Waals surface area contributed by atoms with Crippen LogP contribution in [0.2, 0.25) is 0 Å². The lowest BCUT2D eigenvalue weighted by molar-refractivity contribution is -0.757. The molecule has 0 saturated carbocycles. The van der Waals surface area contributed by atoms with Gasteiger partial charge in [0, 0.05) is 12.3 Å². The van der Waals surface area contributed by atoms with Gasteiger partial charge in [-0.05, 0) is 0 Å². The van der Waals surface area contributed by atoms with Crippen molar-refractivity contribution in [2.45, 2.75) is 6.04 Å². The number of nitrogens with one attached hydrogen (secondary N) is 2. The molecule has 1 rings (SSSR count). The van der Waals surface area contributed by atoms with Gasteiger partial charge in [0.15, 0.2) is 0 Å². The molecule has 0 aromatic heterocycles. The zero-order valence-corrected chi connectivity index (χ0v) is 8.41. The number of hydrogen-bond donors (Lipinski definition) is 2. The largest absolute Gasteiger partial charge is 0.352 e. The average Bonchev–Trinajstić information content (AvgIpc) is 2.59. The molecule has 0 radical (unpaired) electrons. The summed E-state index contributed by atoms with van der Waals surface area (Å²) in [7, 11) is 0. The summed E-state index contributed by atoms with van der Waals surface area (Å²) >= 11 is 1.03. The molecule has 0 aromatic rings. The zero-order valence-electron chi connectivity index (χ0n) is 7.60. The van der Waals surface area contributed by atoms with Gasteiger partial charge in [0.25, 0.3) is 10.3 Å². The molecule has 9 heteroatoms. The third-order valence-corrected chi connectivity index (χ3v) is 2.47. The first kappa shape index (κ1) is 11.6. The Morgan fingerprint density at radius 2 is 2.53 bits per heavy atom. The van der Waals surface area contributed by atoms with Gasteiger partial charge in [0.05, 0.1) is 0 Å². The van der Waals surface area contributed by atoms with Crippen LogP contribution in [0.1, 0.15) is 0 Å². The zero-order chi connectivity index (χ0) is 11.3. The monoisotopic (exact) mass is 235 g/mol. The van der Waals surface area contributed by atoms with Crippen molar-refractivity contribution < 1.29 is 19.5 Å². The fourth-order valence-electron chi connectivity index (χ4n) is 0.943. The summed E-state index contributed by atoms with van der Waals surface area (Å²) in [4.78, 5) is 35.8. The second-order valence-corrected chi connectivity index (χ2v) is 3.64. The molecule has 1 heterocycles. The minimum atomic E-state index is -0.931. The molecule has 0 spiro atoms. The quantitative estimate of drug-likeness (QED) is 0.364. The van der Waals surface area contributed by atoms with E-state index in [9.17, 15) is 19.7 Å². The lowest BCUT2D eigenvalue weighted by Gasteiger charge is -2.09. The Bertz CT molecular complexity index is 284. The Hall–Kier alpha value is -1.51. The molecule has 1 fully saturated rings. The third-order valence-electron chi connectivity index (χ3n) is 1.59. The molecule has 15 heavy (non-hydrogen) atoms. The van der Waals surface area contributed by atoms with Gasteiger partial charge in [0.2, 0.25) is 5.91 Å². The van der Waals surface area contributed by atoms with E-state index in [0.29, 0.717) is 5.75 Å². The standard InChI is InChI=1S/C6H9N3O5S/c10-5(4-3-15-6(11)8-4)7-1-2-14-9(12)13/h4H,1-3H2,(H,7,10)(H,8,11)/t4-/m1/s1. The Kier molecular flexibility index (Phi) is 4.16. The molecule has 1 saturated heterocycles. The highest BCUT2D eigenvalue weighted by molar-refractivity contribution is 8.14. The fraction of sp³-hybridized carbons (Fsp3) is 0.667. The predicted octanol–water partition coefficient (Wildman–Crippen LogP) is -0.864. The molecule has 0 aliphatic carbocycles. The van der Waals surface area contributed by atoms with Crippen molar-refractivity contribution in [3.63, 3.8) is 0 Å². The first-order valence-electron chi connectivity index (χ1n) is 4.08. The topological polar surface area (TPSA) is 111 Å². The Morgan fingerprint density at radius 1 is 1.80 bits per heavy atom. The summed E-state index contributed by atoms with van der Waals surface area (Å²) < 4.78 is 0. The molecule has 0 unspecified atom stereocenters. The number of carbonyl (C=O) groups excluding carboxylic acids is 2.